The second-order valence-electron chi connectivity index (χ2n) is 6.89. The van der Waals surface area contributed by atoms with Crippen LogP contribution in [-0.2, 0) is 30.4 Å². The van der Waals surface area contributed by atoms with Crippen LogP contribution in [0, 0.1) is 5.92 Å². The number of carboxylic acid groups (broad SMARTS) is 2. The van der Waals surface area contributed by atoms with Gasteiger partial charge in [0, 0.05) is 18.3 Å². The number of H-pyrrole nitrogens is 1. The molecule has 0 aromatic carbocycles. The van der Waals surface area contributed by atoms with Crippen LogP contribution in [0.4, 0.5) is 0 Å². The first-order chi connectivity index (χ1) is 14.0. The van der Waals surface area contributed by atoms with Gasteiger partial charge in [0.15, 0.2) is 0 Å². The molecule has 0 saturated heterocycles. The van der Waals surface area contributed by atoms with Crippen LogP contribution in [0.5, 0.6) is 0 Å². The van der Waals surface area contributed by atoms with Gasteiger partial charge in [-0.15, -0.1) is 0 Å². The number of nitrogens with one attached hydrogen (secondary N) is 4. The zero-order valence-corrected chi connectivity index (χ0v) is 16.5. The molecule has 30 heavy (non-hydrogen) atoms. The molecule has 1 heterocycles. The minimum absolute atomic E-state index is 0.127. The number of rotatable bonds is 12. The van der Waals surface area contributed by atoms with Crippen molar-refractivity contribution in [3.63, 3.8) is 0 Å². The molecular formula is C17H26N6O7. The van der Waals surface area contributed by atoms with Gasteiger partial charge in [-0.2, -0.15) is 0 Å². The molecule has 0 saturated carbocycles. The van der Waals surface area contributed by atoms with Gasteiger partial charge in [-0.1, -0.05) is 13.8 Å². The van der Waals surface area contributed by atoms with Crippen LogP contribution in [0.3, 0.4) is 0 Å². The van der Waals surface area contributed by atoms with Gasteiger partial charge in [0.2, 0.25) is 17.7 Å². The van der Waals surface area contributed by atoms with E-state index in [4.69, 9.17) is 10.8 Å². The van der Waals surface area contributed by atoms with E-state index in [2.05, 4.69) is 25.9 Å². The summed E-state index contributed by atoms with van der Waals surface area (Å²) in [5.74, 6) is -5.31. The number of imidazole rings is 1. The topological polar surface area (TPSA) is 217 Å². The molecule has 3 atom stereocenters. The van der Waals surface area contributed by atoms with Gasteiger partial charge >= 0.3 is 11.9 Å². The number of hydrogen-bond donors (Lipinski definition) is 7. The molecule has 0 radical (unpaired) electrons. The molecule has 0 aliphatic carbocycles. The smallest absolute Gasteiger partial charge is 0.326 e. The van der Waals surface area contributed by atoms with E-state index in [9.17, 15) is 29.1 Å². The largest absolute Gasteiger partial charge is 0.481 e. The molecule has 0 spiro atoms. The lowest BCUT2D eigenvalue weighted by molar-refractivity contribution is -0.143. The summed E-state index contributed by atoms with van der Waals surface area (Å²) in [6.07, 6.45) is 1.80. The van der Waals surface area contributed by atoms with Crippen molar-refractivity contribution < 1.29 is 34.2 Å². The lowest BCUT2D eigenvalue weighted by Crippen LogP contribution is -2.55. The monoisotopic (exact) mass is 426 g/mol. The number of carbonyl (C=O) groups excluding carboxylic acids is 3. The fraction of sp³-hybridized carbons (Fsp3) is 0.529. The maximum Gasteiger partial charge on any atom is 0.326 e. The van der Waals surface area contributed by atoms with Crippen molar-refractivity contribution in [2.24, 2.45) is 11.7 Å². The van der Waals surface area contributed by atoms with E-state index < -0.39 is 60.8 Å². The Morgan fingerprint density at radius 2 is 1.77 bits per heavy atom. The summed E-state index contributed by atoms with van der Waals surface area (Å²) < 4.78 is 0. The zero-order chi connectivity index (χ0) is 22.8. The normalized spacial score (nSPS) is 13.7. The van der Waals surface area contributed by atoms with Crippen molar-refractivity contribution in [1.29, 1.82) is 0 Å². The number of hydrogen-bond acceptors (Lipinski definition) is 7. The van der Waals surface area contributed by atoms with Crippen molar-refractivity contribution >= 4 is 29.7 Å². The predicted molar refractivity (Wildman–Crippen MR) is 102 cm³/mol. The molecule has 0 aliphatic rings. The van der Waals surface area contributed by atoms with E-state index in [0.29, 0.717) is 5.69 Å². The van der Waals surface area contributed by atoms with Crippen molar-refractivity contribution in [2.75, 3.05) is 6.54 Å². The van der Waals surface area contributed by atoms with Crippen LogP contribution < -0.4 is 21.7 Å². The van der Waals surface area contributed by atoms with Gasteiger partial charge in [-0.25, -0.2) is 9.78 Å². The van der Waals surface area contributed by atoms with E-state index >= 15 is 0 Å². The Kier molecular flexibility index (Phi) is 9.42. The van der Waals surface area contributed by atoms with Gasteiger partial charge in [-0.05, 0) is 5.92 Å². The highest BCUT2D eigenvalue weighted by molar-refractivity contribution is 5.94. The van der Waals surface area contributed by atoms with Gasteiger partial charge in [0.05, 0.1) is 25.3 Å². The minimum atomic E-state index is -1.55. The average molecular weight is 426 g/mol. The van der Waals surface area contributed by atoms with E-state index in [-0.39, 0.29) is 12.3 Å². The van der Waals surface area contributed by atoms with Crippen LogP contribution >= 0.6 is 0 Å². The molecule has 0 aliphatic heterocycles. The van der Waals surface area contributed by atoms with Gasteiger partial charge < -0.3 is 36.9 Å². The van der Waals surface area contributed by atoms with Gasteiger partial charge in [0.25, 0.3) is 0 Å². The second kappa shape index (κ2) is 11.5. The number of carbonyl (C=O) groups is 5. The van der Waals surface area contributed by atoms with Crippen LogP contribution in [-0.4, -0.2) is 74.5 Å². The Balaban J connectivity index is 2.73. The molecule has 0 bridgehead atoms. The second-order valence-corrected chi connectivity index (χ2v) is 6.89. The third-order valence-electron chi connectivity index (χ3n) is 4.07. The highest BCUT2D eigenvalue weighted by Crippen LogP contribution is 2.02. The summed E-state index contributed by atoms with van der Waals surface area (Å²) >= 11 is 0. The molecule has 1 aromatic rings. The lowest BCUT2D eigenvalue weighted by atomic mass is 10.1. The van der Waals surface area contributed by atoms with Crippen molar-refractivity contribution in [3.05, 3.63) is 18.2 Å². The van der Waals surface area contributed by atoms with Crippen molar-refractivity contribution in [1.82, 2.24) is 25.9 Å². The predicted octanol–water partition coefficient (Wildman–Crippen LogP) is -2.42. The number of aromatic nitrogens is 2. The summed E-state index contributed by atoms with van der Waals surface area (Å²) in [6.45, 7) is 2.92. The molecule has 1 rings (SSSR count). The number of aromatic amines is 1. The molecule has 13 heteroatoms. The first-order valence-corrected chi connectivity index (χ1v) is 9.06. The molecule has 166 valence electrons. The quantitative estimate of drug-likeness (QED) is 0.189. The molecule has 0 fully saturated rings. The fourth-order valence-corrected chi connectivity index (χ4v) is 2.31. The first kappa shape index (κ1) is 24.6. The Hall–Kier alpha value is -3.48. The summed E-state index contributed by atoms with van der Waals surface area (Å²) in [6, 6.07) is -3.76. The fourth-order valence-electron chi connectivity index (χ4n) is 2.31. The SMILES string of the molecule is CC(C)C(N)C(=O)NCC(=O)NC(CC(=O)O)C(=O)NC(Cc1cnc[nH]1)C(=O)O. The highest BCUT2D eigenvalue weighted by atomic mass is 16.4. The number of nitrogens with zero attached hydrogens (tertiary/aromatic N) is 1. The van der Waals surface area contributed by atoms with Crippen molar-refractivity contribution in [3.8, 4) is 0 Å². The minimum Gasteiger partial charge on any atom is -0.481 e. The summed E-state index contributed by atoms with van der Waals surface area (Å²) in [7, 11) is 0. The van der Waals surface area contributed by atoms with Gasteiger partial charge in [-0.3, -0.25) is 19.2 Å². The molecular weight excluding hydrogens is 400 g/mol. The standard InChI is InChI=1S/C17H26N6O7/c1-8(2)14(18)16(28)20-6-12(24)22-10(4-13(25)26)15(27)23-11(17(29)30)3-9-5-19-7-21-9/h5,7-8,10-11,14H,3-4,6,18H2,1-2H3,(H,19,21)(H,20,28)(H,22,24)(H,23,27)(H,25,26)(H,29,30). The Morgan fingerprint density at radius 3 is 2.27 bits per heavy atom. The Morgan fingerprint density at radius 1 is 1.10 bits per heavy atom. The van der Waals surface area contributed by atoms with Crippen molar-refractivity contribution in [2.45, 2.75) is 44.8 Å². The molecule has 1 aromatic heterocycles. The molecule has 13 nitrogen and oxygen atoms in total. The van der Waals surface area contributed by atoms with Crippen LogP contribution in [0.15, 0.2) is 12.5 Å². The number of nitrogens with two attached hydrogens (primary N) is 1. The third kappa shape index (κ3) is 8.26. The van der Waals surface area contributed by atoms with E-state index in [1.54, 1.807) is 13.8 Å². The van der Waals surface area contributed by atoms with Crippen LogP contribution in [0.2, 0.25) is 0 Å². The van der Waals surface area contributed by atoms with E-state index in [0.717, 1.165) is 0 Å². The van der Waals surface area contributed by atoms with Crippen LogP contribution in [0.25, 0.3) is 0 Å². The summed E-state index contributed by atoms with van der Waals surface area (Å²) in [4.78, 5) is 65.2. The maximum atomic E-state index is 12.4. The molecule has 3 unspecified atom stereocenters. The number of aliphatic carboxylic acids is 2. The van der Waals surface area contributed by atoms with Crippen LogP contribution in [0.1, 0.15) is 26.0 Å². The maximum absolute atomic E-state index is 12.4. The summed E-state index contributed by atoms with van der Waals surface area (Å²) in [5.41, 5.74) is 6.09. The first-order valence-electron chi connectivity index (χ1n) is 9.06. The van der Waals surface area contributed by atoms with E-state index in [1.807, 2.05) is 0 Å². The Labute approximate surface area is 171 Å². The Bertz CT molecular complexity index is 765. The van der Waals surface area contributed by atoms with Gasteiger partial charge in [0.1, 0.15) is 12.1 Å². The van der Waals surface area contributed by atoms with E-state index in [1.165, 1.54) is 12.5 Å². The molecule has 3 amide bonds. The lowest BCUT2D eigenvalue weighted by Gasteiger charge is -2.21. The highest BCUT2D eigenvalue weighted by Gasteiger charge is 2.29. The zero-order valence-electron chi connectivity index (χ0n) is 16.5. The third-order valence-corrected chi connectivity index (χ3v) is 4.07. The average Bonchev–Trinajstić information content (AvgIpc) is 3.16. The number of carboxylic acids is 2. The summed E-state index contributed by atoms with van der Waals surface area (Å²) in [5, 5.41) is 25.0. The number of amides is 3. The molecule has 8 N–H and O–H groups in total.